The van der Waals surface area contributed by atoms with Gasteiger partial charge in [0, 0.05) is 18.1 Å². The first kappa shape index (κ1) is 20.6. The van der Waals surface area contributed by atoms with Gasteiger partial charge in [0.1, 0.15) is 5.82 Å². The van der Waals surface area contributed by atoms with Crippen LogP contribution in [0.5, 0.6) is 0 Å². The van der Waals surface area contributed by atoms with Crippen LogP contribution < -0.4 is 0 Å². The molecule has 0 unspecified atom stereocenters. The third-order valence-electron chi connectivity index (χ3n) is 3.98. The van der Waals surface area contributed by atoms with Gasteiger partial charge in [0.15, 0.2) is 0 Å². The number of rotatable bonds is 8. The molecule has 0 saturated heterocycles. The number of carbonyl (C=O) groups excluding carboxylic acids is 3. The summed E-state index contributed by atoms with van der Waals surface area (Å²) in [6, 6.07) is 13.0. The van der Waals surface area contributed by atoms with Gasteiger partial charge in [0.05, 0.1) is 13.5 Å². The van der Waals surface area contributed by atoms with E-state index in [1.807, 2.05) is 0 Å². The fourth-order valence-electron chi connectivity index (χ4n) is 2.47. The molecule has 0 aliphatic rings. The van der Waals surface area contributed by atoms with Gasteiger partial charge in [-0.25, -0.2) is 9.18 Å². The first-order valence-corrected chi connectivity index (χ1v) is 8.65. The SMILES string of the molecule is COC(=O)C(=O)CC(=O)N(CCc1ccc(F)cc1)Cc1ccccc1Cl. The van der Waals surface area contributed by atoms with Crippen LogP contribution in [0.1, 0.15) is 17.5 Å². The van der Waals surface area contributed by atoms with Gasteiger partial charge in [0.2, 0.25) is 11.7 Å². The molecule has 0 bridgehead atoms. The van der Waals surface area contributed by atoms with Crippen LogP contribution in [-0.4, -0.2) is 36.2 Å². The van der Waals surface area contributed by atoms with Crippen molar-refractivity contribution in [2.24, 2.45) is 0 Å². The maximum atomic E-state index is 13.0. The maximum Gasteiger partial charge on any atom is 0.374 e. The number of Topliss-reactive ketones (excluding diaryl/α,β-unsaturated/α-hetero) is 1. The van der Waals surface area contributed by atoms with Crippen molar-refractivity contribution in [1.82, 2.24) is 4.90 Å². The van der Waals surface area contributed by atoms with Crippen molar-refractivity contribution in [3.05, 3.63) is 70.5 Å². The second-order valence-corrected chi connectivity index (χ2v) is 6.28. The predicted molar refractivity (Wildman–Crippen MR) is 98.6 cm³/mol. The average molecular weight is 392 g/mol. The van der Waals surface area contributed by atoms with E-state index in [0.29, 0.717) is 11.4 Å². The van der Waals surface area contributed by atoms with E-state index in [1.165, 1.54) is 17.0 Å². The first-order chi connectivity index (χ1) is 12.9. The number of hydrogen-bond donors (Lipinski definition) is 0. The summed E-state index contributed by atoms with van der Waals surface area (Å²) in [7, 11) is 1.08. The van der Waals surface area contributed by atoms with Crippen molar-refractivity contribution >= 4 is 29.3 Å². The molecule has 0 saturated carbocycles. The molecular weight excluding hydrogens is 373 g/mol. The lowest BCUT2D eigenvalue weighted by Crippen LogP contribution is -2.35. The van der Waals surface area contributed by atoms with Crippen LogP contribution in [0.25, 0.3) is 0 Å². The predicted octanol–water partition coefficient (Wildman–Crippen LogP) is 3.18. The Hall–Kier alpha value is -2.73. The van der Waals surface area contributed by atoms with Crippen LogP contribution in [0.15, 0.2) is 48.5 Å². The van der Waals surface area contributed by atoms with E-state index in [9.17, 15) is 18.8 Å². The minimum absolute atomic E-state index is 0.189. The molecule has 2 rings (SSSR count). The Balaban J connectivity index is 2.12. The van der Waals surface area contributed by atoms with Gasteiger partial charge in [-0.3, -0.25) is 9.59 Å². The van der Waals surface area contributed by atoms with Crippen molar-refractivity contribution < 1.29 is 23.5 Å². The zero-order valence-corrected chi connectivity index (χ0v) is 15.5. The molecule has 1 amide bonds. The number of halogens is 2. The summed E-state index contributed by atoms with van der Waals surface area (Å²) in [6.07, 6.45) is -0.122. The third-order valence-corrected chi connectivity index (χ3v) is 4.35. The minimum Gasteiger partial charge on any atom is -0.463 e. The third kappa shape index (κ3) is 6.18. The number of esters is 1. The summed E-state index contributed by atoms with van der Waals surface area (Å²) in [6.45, 7) is 0.471. The van der Waals surface area contributed by atoms with Crippen LogP contribution in [0.3, 0.4) is 0 Å². The Morgan fingerprint density at radius 2 is 1.74 bits per heavy atom. The standard InChI is InChI=1S/C20H19ClFNO4/c1-27-20(26)18(24)12-19(25)23(13-15-4-2-3-5-17(15)21)11-10-14-6-8-16(22)9-7-14/h2-9H,10-13H2,1H3. The van der Waals surface area contributed by atoms with Gasteiger partial charge in [-0.15, -0.1) is 0 Å². The lowest BCUT2D eigenvalue weighted by atomic mass is 10.1. The smallest absolute Gasteiger partial charge is 0.374 e. The zero-order valence-electron chi connectivity index (χ0n) is 14.8. The van der Waals surface area contributed by atoms with Crippen LogP contribution >= 0.6 is 11.6 Å². The summed E-state index contributed by atoms with van der Waals surface area (Å²) >= 11 is 6.17. The van der Waals surface area contributed by atoms with Gasteiger partial charge >= 0.3 is 5.97 Å². The zero-order chi connectivity index (χ0) is 19.8. The fourth-order valence-corrected chi connectivity index (χ4v) is 2.67. The maximum absolute atomic E-state index is 13.0. The molecule has 0 atom stereocenters. The van der Waals surface area contributed by atoms with E-state index >= 15 is 0 Å². The van der Waals surface area contributed by atoms with Crippen LogP contribution in [0.4, 0.5) is 4.39 Å². The largest absolute Gasteiger partial charge is 0.463 e. The van der Waals surface area contributed by atoms with Crippen molar-refractivity contribution in [3.8, 4) is 0 Å². The molecule has 27 heavy (non-hydrogen) atoms. The summed E-state index contributed by atoms with van der Waals surface area (Å²) in [5.41, 5.74) is 1.56. The molecule has 0 heterocycles. The molecule has 0 radical (unpaired) electrons. The van der Waals surface area contributed by atoms with Gasteiger partial charge in [0.25, 0.3) is 0 Å². The van der Waals surface area contributed by atoms with Crippen LogP contribution in [-0.2, 0) is 32.1 Å². The van der Waals surface area contributed by atoms with E-state index in [1.54, 1.807) is 36.4 Å². The Labute approximate surface area is 161 Å². The van der Waals surface area contributed by atoms with Crippen molar-refractivity contribution in [2.75, 3.05) is 13.7 Å². The molecule has 0 aliphatic carbocycles. The van der Waals surface area contributed by atoms with E-state index in [4.69, 9.17) is 11.6 Å². The summed E-state index contributed by atoms with van der Waals surface area (Å²) in [4.78, 5) is 37.0. The summed E-state index contributed by atoms with van der Waals surface area (Å²) in [5, 5.41) is 0.497. The van der Waals surface area contributed by atoms with E-state index < -0.39 is 24.1 Å². The molecule has 0 aliphatic heterocycles. The van der Waals surface area contributed by atoms with E-state index in [0.717, 1.165) is 18.2 Å². The summed E-state index contributed by atoms with van der Waals surface area (Å²) < 4.78 is 17.4. The highest BCUT2D eigenvalue weighted by molar-refractivity contribution is 6.36. The molecular formula is C20H19ClFNO4. The number of nitrogens with zero attached hydrogens (tertiary/aromatic N) is 1. The minimum atomic E-state index is -1.06. The molecule has 7 heteroatoms. The van der Waals surface area contributed by atoms with Gasteiger partial charge in [-0.05, 0) is 35.7 Å². The summed E-state index contributed by atoms with van der Waals surface area (Å²) in [5.74, 6) is -2.81. The fraction of sp³-hybridized carbons (Fsp3) is 0.250. The quantitative estimate of drug-likeness (QED) is 0.394. The Morgan fingerprint density at radius 1 is 1.07 bits per heavy atom. The molecule has 142 valence electrons. The number of ketones is 1. The van der Waals surface area contributed by atoms with E-state index in [-0.39, 0.29) is 18.9 Å². The topological polar surface area (TPSA) is 63.7 Å². The molecule has 0 spiro atoms. The molecule has 0 aromatic heterocycles. The normalized spacial score (nSPS) is 10.3. The van der Waals surface area contributed by atoms with Crippen molar-refractivity contribution in [1.29, 1.82) is 0 Å². The van der Waals surface area contributed by atoms with Crippen LogP contribution in [0, 0.1) is 5.82 Å². The number of methoxy groups -OCH3 is 1. The second kappa shape index (κ2) is 9.83. The lowest BCUT2D eigenvalue weighted by molar-refractivity contribution is -0.153. The highest BCUT2D eigenvalue weighted by Gasteiger charge is 2.23. The van der Waals surface area contributed by atoms with Gasteiger partial charge in [-0.1, -0.05) is 41.9 Å². The highest BCUT2D eigenvalue weighted by Crippen LogP contribution is 2.18. The van der Waals surface area contributed by atoms with Crippen LogP contribution in [0.2, 0.25) is 5.02 Å². The molecule has 2 aromatic rings. The number of carbonyl (C=O) groups is 3. The Morgan fingerprint density at radius 3 is 2.37 bits per heavy atom. The second-order valence-electron chi connectivity index (χ2n) is 5.87. The van der Waals surface area contributed by atoms with Crippen molar-refractivity contribution in [3.63, 3.8) is 0 Å². The van der Waals surface area contributed by atoms with Gasteiger partial charge < -0.3 is 9.64 Å². The molecule has 0 fully saturated rings. The average Bonchev–Trinajstić information content (AvgIpc) is 2.66. The Kier molecular flexibility index (Phi) is 7.49. The number of benzene rings is 2. The number of hydrogen-bond acceptors (Lipinski definition) is 4. The van der Waals surface area contributed by atoms with Crippen molar-refractivity contribution in [2.45, 2.75) is 19.4 Å². The highest BCUT2D eigenvalue weighted by atomic mass is 35.5. The number of ether oxygens (including phenoxy) is 1. The Bertz CT molecular complexity index is 823. The monoisotopic (exact) mass is 391 g/mol. The number of amides is 1. The lowest BCUT2D eigenvalue weighted by Gasteiger charge is -2.23. The first-order valence-electron chi connectivity index (χ1n) is 8.27. The molecule has 2 aromatic carbocycles. The molecule has 5 nitrogen and oxygen atoms in total. The molecule has 0 N–H and O–H groups in total. The van der Waals surface area contributed by atoms with Gasteiger partial charge in [-0.2, -0.15) is 0 Å². The van der Waals surface area contributed by atoms with E-state index in [2.05, 4.69) is 4.74 Å².